The minimum Gasteiger partial charge on any atom is -0.363 e. The van der Waals surface area contributed by atoms with Gasteiger partial charge in [0.2, 0.25) is 0 Å². The van der Waals surface area contributed by atoms with E-state index in [0.29, 0.717) is 42.7 Å². The number of amides is 1. The second kappa shape index (κ2) is 13.7. The maximum absolute atomic E-state index is 13.0. The molecule has 8 heteroatoms. The van der Waals surface area contributed by atoms with Crippen molar-refractivity contribution < 1.29 is 9.59 Å². The summed E-state index contributed by atoms with van der Waals surface area (Å²) < 4.78 is 1.64. The number of rotatable bonds is 11. The number of anilines is 1. The van der Waals surface area contributed by atoms with Crippen LogP contribution < -0.4 is 10.9 Å². The molecule has 2 aromatic carbocycles. The van der Waals surface area contributed by atoms with Crippen molar-refractivity contribution in [1.82, 2.24) is 19.4 Å². The van der Waals surface area contributed by atoms with E-state index in [0.717, 1.165) is 32.5 Å². The first-order valence-corrected chi connectivity index (χ1v) is 13.5. The molecule has 1 aliphatic rings. The van der Waals surface area contributed by atoms with Crippen molar-refractivity contribution in [2.24, 2.45) is 0 Å². The van der Waals surface area contributed by atoms with Crippen LogP contribution in [0.5, 0.6) is 0 Å². The maximum atomic E-state index is 13.0. The Morgan fingerprint density at radius 3 is 2.56 bits per heavy atom. The number of piperidine rings is 1. The zero-order valence-corrected chi connectivity index (χ0v) is 22.8. The van der Waals surface area contributed by atoms with Gasteiger partial charge in [-0.1, -0.05) is 60.2 Å². The van der Waals surface area contributed by atoms with Gasteiger partial charge < -0.3 is 14.8 Å². The van der Waals surface area contributed by atoms with Crippen LogP contribution >= 0.6 is 0 Å². The summed E-state index contributed by atoms with van der Waals surface area (Å²) in [5.41, 5.74) is 3.16. The smallest absolute Gasteiger partial charge is 0.293 e. The molecule has 1 aliphatic heterocycles. The third-order valence-electron chi connectivity index (χ3n) is 7.09. The zero-order valence-electron chi connectivity index (χ0n) is 22.8. The van der Waals surface area contributed by atoms with Crippen LogP contribution in [0, 0.1) is 0 Å². The number of nitrogens with one attached hydrogen (secondary N) is 1. The number of aryl methyl sites for hydroxylation is 1. The van der Waals surface area contributed by atoms with Crippen molar-refractivity contribution in [2.45, 2.75) is 38.8 Å². The van der Waals surface area contributed by atoms with E-state index in [1.54, 1.807) is 53.2 Å². The molecular weight excluding hydrogens is 490 g/mol. The predicted molar refractivity (Wildman–Crippen MR) is 155 cm³/mol. The average Bonchev–Trinajstić information content (AvgIpc) is 2.96. The molecule has 1 amide bonds. The van der Waals surface area contributed by atoms with Crippen LogP contribution in [0.2, 0.25) is 0 Å². The van der Waals surface area contributed by atoms with Gasteiger partial charge in [-0.2, -0.15) is 0 Å². The molecule has 0 spiro atoms. The maximum Gasteiger partial charge on any atom is 0.293 e. The highest BCUT2D eigenvalue weighted by molar-refractivity contribution is 6.01. The molecule has 1 saturated heterocycles. The monoisotopic (exact) mass is 527 g/mol. The molecule has 2 heterocycles. The molecule has 1 fully saturated rings. The Bertz CT molecular complexity index is 1340. The minimum absolute atomic E-state index is 0.151. The predicted octanol–water partition coefficient (Wildman–Crippen LogP) is 4.20. The van der Waals surface area contributed by atoms with Crippen molar-refractivity contribution in [3.05, 3.63) is 99.6 Å². The minimum atomic E-state index is -0.209. The molecule has 8 nitrogen and oxygen atoms in total. The average molecular weight is 528 g/mol. The molecule has 1 aromatic heterocycles. The summed E-state index contributed by atoms with van der Waals surface area (Å²) in [6.07, 6.45) is 8.75. The fraction of sp³-hybridized carbons (Fsp3) is 0.355. The third kappa shape index (κ3) is 7.74. The summed E-state index contributed by atoms with van der Waals surface area (Å²) in [7, 11) is 1.71. The Morgan fingerprint density at radius 2 is 1.82 bits per heavy atom. The largest absolute Gasteiger partial charge is 0.363 e. The van der Waals surface area contributed by atoms with Gasteiger partial charge in [0, 0.05) is 63.8 Å². The van der Waals surface area contributed by atoms with Gasteiger partial charge in [0.05, 0.1) is 5.56 Å². The first kappa shape index (κ1) is 28.0. The molecule has 0 bridgehead atoms. The molecule has 0 saturated carbocycles. The van der Waals surface area contributed by atoms with Crippen molar-refractivity contribution in [2.75, 3.05) is 38.5 Å². The lowest BCUT2D eigenvalue weighted by molar-refractivity contribution is 0.0788. The second-order valence-electron chi connectivity index (χ2n) is 10.2. The number of aromatic nitrogens is 2. The molecule has 4 rings (SSSR count). The van der Waals surface area contributed by atoms with E-state index in [1.807, 2.05) is 6.07 Å². The van der Waals surface area contributed by atoms with Gasteiger partial charge in [0.1, 0.15) is 0 Å². The number of hydrogen-bond donors (Lipinski definition) is 1. The van der Waals surface area contributed by atoms with Crippen LogP contribution in [0.4, 0.5) is 5.82 Å². The van der Waals surface area contributed by atoms with Gasteiger partial charge in [-0.25, -0.2) is 4.98 Å². The Morgan fingerprint density at radius 1 is 1.10 bits per heavy atom. The number of carbonyl (C=O) groups is 2. The van der Waals surface area contributed by atoms with Crippen LogP contribution in [-0.2, 0) is 6.54 Å². The summed E-state index contributed by atoms with van der Waals surface area (Å²) in [5.74, 6) is 0.166. The summed E-state index contributed by atoms with van der Waals surface area (Å²) in [4.78, 5) is 45.4. The zero-order chi connectivity index (χ0) is 27.6. The first-order valence-electron chi connectivity index (χ1n) is 13.5. The van der Waals surface area contributed by atoms with Gasteiger partial charge in [0.15, 0.2) is 12.1 Å². The fourth-order valence-electron chi connectivity index (χ4n) is 4.96. The first-order chi connectivity index (χ1) is 18.9. The summed E-state index contributed by atoms with van der Waals surface area (Å²) >= 11 is 0. The van der Waals surface area contributed by atoms with E-state index in [1.165, 1.54) is 11.1 Å². The molecule has 0 aliphatic carbocycles. The van der Waals surface area contributed by atoms with E-state index in [2.05, 4.69) is 52.5 Å². The third-order valence-corrected chi connectivity index (χ3v) is 7.09. The number of carbonyl (C=O) groups excluding carboxylic acids is 2. The number of hydrogen-bond acceptors (Lipinski definition) is 6. The van der Waals surface area contributed by atoms with Gasteiger partial charge in [0.25, 0.3) is 11.5 Å². The SMILES string of the molecule is C/C(=C\c1ccccc1)CN1CCC(Nc2nccn(CCCN(C)C(=O)c3ccccc3C=O)c2=O)CC1. The topological polar surface area (TPSA) is 87.5 Å². The molecule has 3 aromatic rings. The number of benzene rings is 2. The van der Waals surface area contributed by atoms with Crippen molar-refractivity contribution >= 4 is 24.1 Å². The van der Waals surface area contributed by atoms with Crippen LogP contribution in [0.1, 0.15) is 52.5 Å². The lowest BCUT2D eigenvalue weighted by Gasteiger charge is -2.32. The van der Waals surface area contributed by atoms with Crippen LogP contribution in [0.15, 0.2) is 77.4 Å². The lowest BCUT2D eigenvalue weighted by atomic mass is 10.0. The number of aldehydes is 1. The quantitative estimate of drug-likeness (QED) is 0.376. The summed E-state index contributed by atoms with van der Waals surface area (Å²) in [6.45, 7) is 5.97. The number of nitrogens with zero attached hydrogens (tertiary/aromatic N) is 4. The second-order valence-corrected chi connectivity index (χ2v) is 10.2. The number of likely N-dealkylation sites (tertiary alicyclic amines) is 1. The highest BCUT2D eigenvalue weighted by Gasteiger charge is 2.21. The highest BCUT2D eigenvalue weighted by Crippen LogP contribution is 2.16. The lowest BCUT2D eigenvalue weighted by Crippen LogP contribution is -2.41. The van der Waals surface area contributed by atoms with E-state index in [4.69, 9.17) is 0 Å². The fourth-order valence-corrected chi connectivity index (χ4v) is 4.96. The van der Waals surface area contributed by atoms with Gasteiger partial charge >= 0.3 is 0 Å². The van der Waals surface area contributed by atoms with Crippen molar-refractivity contribution in [1.29, 1.82) is 0 Å². The molecule has 0 atom stereocenters. The van der Waals surface area contributed by atoms with Crippen LogP contribution in [0.3, 0.4) is 0 Å². The van der Waals surface area contributed by atoms with E-state index >= 15 is 0 Å². The van der Waals surface area contributed by atoms with Crippen LogP contribution in [0.25, 0.3) is 6.08 Å². The van der Waals surface area contributed by atoms with Crippen molar-refractivity contribution in [3.63, 3.8) is 0 Å². The molecule has 1 N–H and O–H groups in total. The Hall–Kier alpha value is -4.04. The molecule has 0 radical (unpaired) electrons. The van der Waals surface area contributed by atoms with Gasteiger partial charge in [-0.3, -0.25) is 19.3 Å². The van der Waals surface area contributed by atoms with Crippen molar-refractivity contribution in [3.8, 4) is 0 Å². The normalized spacial score (nSPS) is 14.7. The Kier molecular flexibility index (Phi) is 9.80. The molecule has 39 heavy (non-hydrogen) atoms. The van der Waals surface area contributed by atoms with E-state index in [-0.39, 0.29) is 17.5 Å². The highest BCUT2D eigenvalue weighted by atomic mass is 16.2. The summed E-state index contributed by atoms with van der Waals surface area (Å²) in [6, 6.07) is 17.3. The Balaban J connectivity index is 1.25. The van der Waals surface area contributed by atoms with Crippen LogP contribution in [-0.4, -0.2) is 70.8 Å². The Labute approximate surface area is 230 Å². The standard InChI is InChI=1S/C31H37N5O3/c1-24(21-25-9-4-3-5-10-25)22-35-18-13-27(14-19-35)33-29-31(39)36(20-15-32-29)17-8-16-34(2)30(38)28-12-7-6-11-26(28)23-37/h3-7,9-12,15,20-21,23,27H,8,13-14,16-19,22H2,1-2H3,(H,32,33)/b24-21+. The molecular formula is C31H37N5O3. The molecule has 204 valence electrons. The van der Waals surface area contributed by atoms with E-state index in [9.17, 15) is 14.4 Å². The van der Waals surface area contributed by atoms with Gasteiger partial charge in [-0.05, 0) is 37.8 Å². The molecule has 0 unspecified atom stereocenters. The van der Waals surface area contributed by atoms with Gasteiger partial charge in [-0.15, -0.1) is 0 Å². The van der Waals surface area contributed by atoms with E-state index < -0.39 is 0 Å². The summed E-state index contributed by atoms with van der Waals surface area (Å²) in [5, 5.41) is 3.37.